The SMILES string of the molecule is CN1CCN(CCCn2c(N)nc3cc(Cl)c(Cl)cc32)CC1. The van der Waals surface area contributed by atoms with Crippen LogP contribution >= 0.6 is 23.2 Å². The average Bonchev–Trinajstić information content (AvgIpc) is 2.77. The highest BCUT2D eigenvalue weighted by atomic mass is 35.5. The summed E-state index contributed by atoms with van der Waals surface area (Å²) in [6, 6.07) is 3.62. The molecule has 1 aromatic carbocycles. The van der Waals surface area contributed by atoms with Crippen molar-refractivity contribution in [2.45, 2.75) is 13.0 Å². The third kappa shape index (κ3) is 3.33. The number of aryl methyl sites for hydroxylation is 1. The van der Waals surface area contributed by atoms with E-state index in [0.717, 1.165) is 56.7 Å². The highest BCUT2D eigenvalue weighted by Crippen LogP contribution is 2.29. The predicted molar refractivity (Wildman–Crippen MR) is 92.7 cm³/mol. The van der Waals surface area contributed by atoms with Crippen molar-refractivity contribution in [2.24, 2.45) is 0 Å². The fraction of sp³-hybridized carbons (Fsp3) is 0.533. The molecule has 0 saturated carbocycles. The molecule has 7 heteroatoms. The van der Waals surface area contributed by atoms with Gasteiger partial charge in [0.25, 0.3) is 0 Å². The van der Waals surface area contributed by atoms with Gasteiger partial charge in [-0.2, -0.15) is 0 Å². The van der Waals surface area contributed by atoms with E-state index in [4.69, 9.17) is 28.9 Å². The zero-order chi connectivity index (χ0) is 15.7. The summed E-state index contributed by atoms with van der Waals surface area (Å²) in [5.41, 5.74) is 7.78. The first-order valence-corrected chi connectivity index (χ1v) is 8.32. The van der Waals surface area contributed by atoms with Crippen molar-refractivity contribution in [1.82, 2.24) is 19.4 Å². The molecule has 0 aliphatic carbocycles. The Morgan fingerprint density at radius 1 is 1.09 bits per heavy atom. The highest BCUT2D eigenvalue weighted by Gasteiger charge is 2.14. The van der Waals surface area contributed by atoms with Crippen molar-refractivity contribution in [1.29, 1.82) is 0 Å². The van der Waals surface area contributed by atoms with Crippen LogP contribution in [0, 0.1) is 0 Å². The number of nitrogens with two attached hydrogens (primary N) is 1. The van der Waals surface area contributed by atoms with Gasteiger partial charge in [-0.15, -0.1) is 0 Å². The number of anilines is 1. The summed E-state index contributed by atoms with van der Waals surface area (Å²) in [7, 11) is 2.17. The number of hydrogen-bond acceptors (Lipinski definition) is 4. The number of nitrogen functional groups attached to an aromatic ring is 1. The molecule has 1 saturated heterocycles. The van der Waals surface area contributed by atoms with Gasteiger partial charge in [-0.1, -0.05) is 23.2 Å². The quantitative estimate of drug-likeness (QED) is 0.928. The van der Waals surface area contributed by atoms with Crippen LogP contribution in [0.2, 0.25) is 10.0 Å². The average molecular weight is 342 g/mol. The van der Waals surface area contributed by atoms with E-state index in [1.807, 2.05) is 10.6 Å². The third-order valence-corrected chi connectivity index (χ3v) is 4.99. The van der Waals surface area contributed by atoms with Gasteiger partial charge in [-0.3, -0.25) is 0 Å². The maximum Gasteiger partial charge on any atom is 0.201 e. The summed E-state index contributed by atoms with van der Waals surface area (Å²) in [6.07, 6.45) is 1.04. The number of imidazole rings is 1. The lowest BCUT2D eigenvalue weighted by Gasteiger charge is -2.32. The number of fused-ring (bicyclic) bond motifs is 1. The Bertz CT molecular complexity index is 661. The Labute approximate surface area is 140 Å². The molecule has 0 atom stereocenters. The number of likely N-dealkylation sites (N-methyl/N-ethyl adjacent to an activating group) is 1. The lowest BCUT2D eigenvalue weighted by Crippen LogP contribution is -2.44. The smallest absolute Gasteiger partial charge is 0.201 e. The first-order chi connectivity index (χ1) is 10.5. The van der Waals surface area contributed by atoms with Gasteiger partial charge in [-0.05, 0) is 32.1 Å². The highest BCUT2D eigenvalue weighted by molar-refractivity contribution is 6.42. The van der Waals surface area contributed by atoms with Gasteiger partial charge in [0.1, 0.15) is 0 Å². The van der Waals surface area contributed by atoms with E-state index in [1.54, 1.807) is 6.07 Å². The molecule has 120 valence electrons. The van der Waals surface area contributed by atoms with E-state index in [-0.39, 0.29) is 0 Å². The van der Waals surface area contributed by atoms with Crippen LogP contribution in [-0.2, 0) is 6.54 Å². The fourth-order valence-corrected chi connectivity index (χ4v) is 3.21. The van der Waals surface area contributed by atoms with E-state index in [2.05, 4.69) is 21.8 Å². The van der Waals surface area contributed by atoms with Gasteiger partial charge in [0.2, 0.25) is 5.95 Å². The molecule has 1 aromatic heterocycles. The molecule has 2 N–H and O–H groups in total. The molecular formula is C15H21Cl2N5. The van der Waals surface area contributed by atoms with Crippen molar-refractivity contribution in [2.75, 3.05) is 45.5 Å². The van der Waals surface area contributed by atoms with Crippen molar-refractivity contribution >= 4 is 40.2 Å². The molecule has 1 fully saturated rings. The summed E-state index contributed by atoms with van der Waals surface area (Å²) < 4.78 is 2.02. The number of nitrogens with zero attached hydrogens (tertiary/aromatic N) is 4. The third-order valence-electron chi connectivity index (χ3n) is 4.27. The number of aromatic nitrogens is 2. The Morgan fingerprint density at radius 3 is 2.50 bits per heavy atom. The molecule has 2 aromatic rings. The van der Waals surface area contributed by atoms with Crippen LogP contribution in [-0.4, -0.2) is 59.1 Å². The zero-order valence-electron chi connectivity index (χ0n) is 12.7. The molecule has 3 rings (SSSR count). The van der Waals surface area contributed by atoms with E-state index in [1.165, 1.54) is 0 Å². The maximum absolute atomic E-state index is 6.11. The zero-order valence-corrected chi connectivity index (χ0v) is 14.2. The maximum atomic E-state index is 6.11. The summed E-state index contributed by atoms with van der Waals surface area (Å²) >= 11 is 12.1. The second kappa shape index (κ2) is 6.62. The summed E-state index contributed by atoms with van der Waals surface area (Å²) in [5, 5.41) is 1.05. The lowest BCUT2D eigenvalue weighted by atomic mass is 10.3. The van der Waals surface area contributed by atoms with Crippen LogP contribution in [0.4, 0.5) is 5.95 Å². The van der Waals surface area contributed by atoms with E-state index in [9.17, 15) is 0 Å². The first-order valence-electron chi connectivity index (χ1n) is 7.56. The Kier molecular flexibility index (Phi) is 4.78. The number of hydrogen-bond donors (Lipinski definition) is 1. The molecule has 0 spiro atoms. The minimum absolute atomic E-state index is 0.510. The minimum atomic E-state index is 0.510. The molecule has 0 unspecified atom stereocenters. The number of benzene rings is 1. The Morgan fingerprint density at radius 2 is 1.77 bits per heavy atom. The summed E-state index contributed by atoms with van der Waals surface area (Å²) in [6.45, 7) is 6.48. The van der Waals surface area contributed by atoms with E-state index in [0.29, 0.717) is 16.0 Å². The van der Waals surface area contributed by atoms with Crippen molar-refractivity contribution in [3.63, 3.8) is 0 Å². The Hall–Kier alpha value is -1.01. The molecule has 1 aliphatic heterocycles. The minimum Gasteiger partial charge on any atom is -0.369 e. The molecule has 0 radical (unpaired) electrons. The molecule has 0 bridgehead atoms. The van der Waals surface area contributed by atoms with Crippen LogP contribution in [0.5, 0.6) is 0 Å². The number of rotatable bonds is 4. The van der Waals surface area contributed by atoms with Gasteiger partial charge < -0.3 is 20.1 Å². The monoisotopic (exact) mass is 341 g/mol. The van der Waals surface area contributed by atoms with Crippen LogP contribution < -0.4 is 5.73 Å². The van der Waals surface area contributed by atoms with Crippen molar-refractivity contribution < 1.29 is 0 Å². The van der Waals surface area contributed by atoms with Gasteiger partial charge in [0, 0.05) is 32.7 Å². The first kappa shape index (κ1) is 15.9. The standard InChI is InChI=1S/C15H21Cl2N5/c1-20-5-7-21(8-6-20)3-2-4-22-14-10-12(17)11(16)9-13(14)19-15(22)18/h9-10H,2-8H2,1H3,(H2,18,19). The number of piperazine rings is 1. The van der Waals surface area contributed by atoms with E-state index < -0.39 is 0 Å². The Balaban J connectivity index is 1.66. The van der Waals surface area contributed by atoms with Gasteiger partial charge in [0.15, 0.2) is 0 Å². The molecule has 0 amide bonds. The van der Waals surface area contributed by atoms with Crippen molar-refractivity contribution in [3.8, 4) is 0 Å². The second-order valence-electron chi connectivity index (χ2n) is 5.88. The largest absolute Gasteiger partial charge is 0.369 e. The second-order valence-corrected chi connectivity index (χ2v) is 6.69. The van der Waals surface area contributed by atoms with Gasteiger partial charge in [-0.25, -0.2) is 4.98 Å². The molecule has 2 heterocycles. The van der Waals surface area contributed by atoms with Crippen molar-refractivity contribution in [3.05, 3.63) is 22.2 Å². The van der Waals surface area contributed by atoms with Crippen LogP contribution in [0.3, 0.4) is 0 Å². The van der Waals surface area contributed by atoms with Gasteiger partial charge in [0.05, 0.1) is 21.1 Å². The van der Waals surface area contributed by atoms with Crippen LogP contribution in [0.15, 0.2) is 12.1 Å². The van der Waals surface area contributed by atoms with Gasteiger partial charge >= 0.3 is 0 Å². The number of halogens is 2. The molecular weight excluding hydrogens is 321 g/mol. The fourth-order valence-electron chi connectivity index (χ4n) is 2.90. The predicted octanol–water partition coefficient (Wildman–Crippen LogP) is 2.56. The van der Waals surface area contributed by atoms with Crippen LogP contribution in [0.1, 0.15) is 6.42 Å². The van der Waals surface area contributed by atoms with Crippen LogP contribution in [0.25, 0.3) is 11.0 Å². The molecule has 22 heavy (non-hydrogen) atoms. The summed E-state index contributed by atoms with van der Waals surface area (Å²) in [5.74, 6) is 0.520. The normalized spacial score (nSPS) is 17.4. The summed E-state index contributed by atoms with van der Waals surface area (Å²) in [4.78, 5) is 9.23. The van der Waals surface area contributed by atoms with E-state index >= 15 is 0 Å². The molecule has 1 aliphatic rings. The lowest BCUT2D eigenvalue weighted by molar-refractivity contribution is 0.151. The topological polar surface area (TPSA) is 50.3 Å². The molecule has 5 nitrogen and oxygen atoms in total.